The van der Waals surface area contributed by atoms with E-state index in [1.807, 2.05) is 45.9 Å². The molecule has 44 heavy (non-hydrogen) atoms. The molecule has 4 aliphatic carbocycles. The van der Waals surface area contributed by atoms with Crippen LogP contribution in [0, 0.1) is 23.2 Å². The van der Waals surface area contributed by atoms with Crippen LogP contribution in [-0.2, 0) is 9.59 Å². The molecule has 3 aromatic rings. The Morgan fingerprint density at radius 2 is 1.73 bits per heavy atom. The number of nitrogens with zero attached hydrogens (tertiary/aromatic N) is 5. The van der Waals surface area contributed by atoms with Gasteiger partial charge < -0.3 is 19.0 Å². The molecule has 5 fully saturated rings. The zero-order valence-corrected chi connectivity index (χ0v) is 26.6. The van der Waals surface area contributed by atoms with Crippen LogP contribution in [0.3, 0.4) is 0 Å². The molecule has 1 atom stereocenters. The lowest BCUT2D eigenvalue weighted by Crippen LogP contribution is -2.61. The summed E-state index contributed by atoms with van der Waals surface area (Å²) in [4.78, 5) is 31.2. The average molecular weight is 618 g/mol. The Bertz CT molecular complexity index is 1430. The molecule has 3 heterocycles. The molecule has 9 nitrogen and oxygen atoms in total. The topological polar surface area (TPSA) is 93.7 Å². The lowest BCUT2D eigenvalue weighted by molar-refractivity contribution is -0.163. The van der Waals surface area contributed by atoms with Crippen LogP contribution >= 0.6 is 11.8 Å². The van der Waals surface area contributed by atoms with Crippen LogP contribution in [0.25, 0.3) is 17.3 Å². The monoisotopic (exact) mass is 617 g/mol. The Labute approximate surface area is 263 Å². The van der Waals surface area contributed by atoms with Crippen molar-refractivity contribution in [3.8, 4) is 23.0 Å². The maximum absolute atomic E-state index is 13.9. The van der Waals surface area contributed by atoms with E-state index in [-0.39, 0.29) is 17.4 Å². The van der Waals surface area contributed by atoms with Gasteiger partial charge in [0, 0.05) is 37.8 Å². The van der Waals surface area contributed by atoms with Crippen LogP contribution in [0.2, 0.25) is 0 Å². The van der Waals surface area contributed by atoms with Gasteiger partial charge in [-0.2, -0.15) is 0 Å². The van der Waals surface area contributed by atoms with Crippen LogP contribution in [0.15, 0.2) is 52.2 Å². The van der Waals surface area contributed by atoms with Gasteiger partial charge >= 0.3 is 0 Å². The molecule has 5 aliphatic rings. The molecule has 0 spiro atoms. The van der Waals surface area contributed by atoms with Gasteiger partial charge in [0.1, 0.15) is 5.75 Å². The standard InChI is InChI=1S/C34H43N5O4S/c1-23-22-37(12-13-38(23)32(41)34-19-24-16-25(20-34)18-26(17-24)21-34)30(40)7-3-4-15-44-33-36-35-31(29-6-5-14-43-29)39(33)27-8-10-28(42-2)11-9-27/h5-6,8-11,14,23-26H,3-4,7,12-13,15-22H2,1-2H3. The smallest absolute Gasteiger partial charge is 0.229 e. The van der Waals surface area contributed by atoms with E-state index in [0.717, 1.165) is 72.2 Å². The van der Waals surface area contributed by atoms with Crippen LogP contribution in [0.4, 0.5) is 0 Å². The zero-order chi connectivity index (χ0) is 30.3. The lowest BCUT2D eigenvalue weighted by Gasteiger charge is -2.57. The van der Waals surface area contributed by atoms with Crippen molar-refractivity contribution in [1.29, 1.82) is 0 Å². The number of ether oxygens (including phenoxy) is 1. The molecule has 1 unspecified atom stereocenters. The van der Waals surface area contributed by atoms with Gasteiger partial charge in [0.2, 0.25) is 17.6 Å². The number of rotatable bonds is 10. The van der Waals surface area contributed by atoms with E-state index in [4.69, 9.17) is 9.15 Å². The Kier molecular flexibility index (Phi) is 8.20. The van der Waals surface area contributed by atoms with Crippen molar-refractivity contribution < 1.29 is 18.7 Å². The number of carbonyl (C=O) groups is 2. The highest BCUT2D eigenvalue weighted by Crippen LogP contribution is 2.60. The molecule has 0 radical (unpaired) electrons. The van der Waals surface area contributed by atoms with Crippen LogP contribution in [0.1, 0.15) is 64.7 Å². The third kappa shape index (κ3) is 5.66. The predicted molar refractivity (Wildman–Crippen MR) is 169 cm³/mol. The van der Waals surface area contributed by atoms with Gasteiger partial charge in [-0.25, -0.2) is 0 Å². The molecular formula is C34H43N5O4S. The number of furan rings is 1. The fourth-order valence-corrected chi connectivity index (χ4v) is 9.71. The second kappa shape index (κ2) is 12.3. The van der Waals surface area contributed by atoms with Gasteiger partial charge in [0.25, 0.3) is 0 Å². The number of hydrogen-bond donors (Lipinski definition) is 0. The Morgan fingerprint density at radius 3 is 2.36 bits per heavy atom. The van der Waals surface area contributed by atoms with E-state index in [1.165, 1.54) is 19.3 Å². The number of benzene rings is 1. The Morgan fingerprint density at radius 1 is 1.00 bits per heavy atom. The molecule has 1 aromatic carbocycles. The first-order chi connectivity index (χ1) is 21.4. The number of aromatic nitrogens is 3. The highest BCUT2D eigenvalue weighted by molar-refractivity contribution is 7.99. The van der Waals surface area contributed by atoms with Crippen molar-refractivity contribution in [2.75, 3.05) is 32.5 Å². The molecular weight excluding hydrogens is 574 g/mol. The first kappa shape index (κ1) is 29.4. The second-order valence-corrected chi connectivity index (χ2v) is 14.6. The first-order valence-electron chi connectivity index (χ1n) is 16.3. The summed E-state index contributed by atoms with van der Waals surface area (Å²) in [5, 5.41) is 9.66. The number of methoxy groups -OCH3 is 1. The summed E-state index contributed by atoms with van der Waals surface area (Å²) >= 11 is 1.63. The predicted octanol–water partition coefficient (Wildman–Crippen LogP) is 6.07. The van der Waals surface area contributed by atoms with Gasteiger partial charge in [0.05, 0.1) is 24.5 Å². The summed E-state index contributed by atoms with van der Waals surface area (Å²) in [6.07, 6.45) is 11.2. The van der Waals surface area contributed by atoms with Crippen molar-refractivity contribution in [1.82, 2.24) is 24.6 Å². The highest BCUT2D eigenvalue weighted by atomic mass is 32.2. The van der Waals surface area contributed by atoms with E-state index < -0.39 is 0 Å². The van der Waals surface area contributed by atoms with Crippen molar-refractivity contribution >= 4 is 23.6 Å². The molecule has 0 N–H and O–H groups in total. The summed E-state index contributed by atoms with van der Waals surface area (Å²) in [6, 6.07) is 11.6. The average Bonchev–Trinajstić information content (AvgIpc) is 3.70. The van der Waals surface area contributed by atoms with E-state index >= 15 is 0 Å². The molecule has 4 saturated carbocycles. The van der Waals surface area contributed by atoms with Crippen molar-refractivity contribution in [2.24, 2.45) is 23.2 Å². The normalized spacial score (nSPS) is 27.6. The third-order valence-corrected chi connectivity index (χ3v) is 11.5. The summed E-state index contributed by atoms with van der Waals surface area (Å²) < 4.78 is 13.0. The minimum absolute atomic E-state index is 0.0800. The summed E-state index contributed by atoms with van der Waals surface area (Å²) in [6.45, 7) is 4.09. The van der Waals surface area contributed by atoms with Crippen molar-refractivity contribution in [2.45, 2.75) is 75.9 Å². The van der Waals surface area contributed by atoms with Crippen molar-refractivity contribution in [3.05, 3.63) is 42.7 Å². The number of unbranched alkanes of at least 4 members (excludes halogenated alkanes) is 1. The zero-order valence-electron chi connectivity index (χ0n) is 25.8. The SMILES string of the molecule is COc1ccc(-n2c(SCCCCC(=O)N3CCN(C(=O)C45CC6CC(CC(C6)C4)C5)C(C)C3)nnc2-c2ccco2)cc1. The molecule has 1 aliphatic heterocycles. The summed E-state index contributed by atoms with van der Waals surface area (Å²) in [5.74, 6) is 5.79. The maximum Gasteiger partial charge on any atom is 0.229 e. The molecule has 2 amide bonds. The highest BCUT2D eigenvalue weighted by Gasteiger charge is 2.56. The molecule has 1 saturated heterocycles. The van der Waals surface area contributed by atoms with Crippen LogP contribution in [-0.4, -0.2) is 74.9 Å². The van der Waals surface area contributed by atoms with Crippen molar-refractivity contribution in [3.63, 3.8) is 0 Å². The molecule has 4 bridgehead atoms. The Hall–Kier alpha value is -3.27. The van der Waals surface area contributed by atoms with Gasteiger partial charge in [-0.15, -0.1) is 10.2 Å². The quantitative estimate of drug-likeness (QED) is 0.201. The van der Waals surface area contributed by atoms with Gasteiger partial charge in [-0.05, 0) is 112 Å². The molecule has 234 valence electrons. The number of hydrogen-bond acceptors (Lipinski definition) is 7. The number of piperazine rings is 1. The minimum Gasteiger partial charge on any atom is -0.497 e. The number of amides is 2. The van der Waals surface area contributed by atoms with E-state index in [0.29, 0.717) is 43.5 Å². The third-order valence-electron chi connectivity index (χ3n) is 10.5. The largest absolute Gasteiger partial charge is 0.497 e. The first-order valence-corrected chi connectivity index (χ1v) is 17.3. The summed E-state index contributed by atoms with van der Waals surface area (Å²) in [5.41, 5.74) is 0.818. The molecule has 10 heteroatoms. The lowest BCUT2D eigenvalue weighted by atomic mass is 9.49. The van der Waals surface area contributed by atoms with Crippen LogP contribution < -0.4 is 4.74 Å². The van der Waals surface area contributed by atoms with E-state index in [2.05, 4.69) is 22.0 Å². The fraction of sp³-hybridized carbons (Fsp3) is 0.588. The maximum atomic E-state index is 13.9. The Balaban J connectivity index is 0.903. The van der Waals surface area contributed by atoms with Crippen LogP contribution in [0.5, 0.6) is 5.75 Å². The molecule has 8 rings (SSSR count). The van der Waals surface area contributed by atoms with Gasteiger partial charge in [-0.3, -0.25) is 14.2 Å². The number of thioether (sulfide) groups is 1. The van der Waals surface area contributed by atoms with Gasteiger partial charge in [0.15, 0.2) is 10.9 Å². The van der Waals surface area contributed by atoms with E-state index in [9.17, 15) is 9.59 Å². The summed E-state index contributed by atoms with van der Waals surface area (Å²) in [7, 11) is 1.65. The number of carbonyl (C=O) groups excluding carboxylic acids is 2. The molecule has 2 aromatic heterocycles. The van der Waals surface area contributed by atoms with E-state index in [1.54, 1.807) is 25.1 Å². The fourth-order valence-electron chi connectivity index (χ4n) is 8.76. The van der Waals surface area contributed by atoms with Gasteiger partial charge in [-0.1, -0.05) is 11.8 Å². The second-order valence-electron chi connectivity index (χ2n) is 13.5. The minimum atomic E-state index is -0.108.